The van der Waals surface area contributed by atoms with Gasteiger partial charge in [0.15, 0.2) is 10.9 Å². The third-order valence-electron chi connectivity index (χ3n) is 4.30. The number of halogens is 6. The van der Waals surface area contributed by atoms with E-state index >= 15 is 0 Å². The highest BCUT2D eigenvalue weighted by atomic mass is 35.5. The van der Waals surface area contributed by atoms with Crippen molar-refractivity contribution in [2.75, 3.05) is 6.54 Å². The largest absolute Gasteiger partial charge is 0.478 e. The first-order valence-corrected chi connectivity index (χ1v) is 14.7. The van der Waals surface area contributed by atoms with Crippen LogP contribution in [0.5, 0.6) is 0 Å². The fraction of sp³-hybridized carbons (Fsp3) is 0.0455. The maximum atomic E-state index is 11.6. The number of hydrazine groups is 1. The number of aromatic amines is 2. The molecule has 0 saturated carbocycles. The summed E-state index contributed by atoms with van der Waals surface area (Å²) in [6, 6.07) is 0. The van der Waals surface area contributed by atoms with Gasteiger partial charge in [0.25, 0.3) is 5.91 Å². The second kappa shape index (κ2) is 20.2. The molecule has 0 bridgehead atoms. The zero-order chi connectivity index (χ0) is 34.3. The van der Waals surface area contributed by atoms with Gasteiger partial charge in [0.2, 0.25) is 4.77 Å². The number of nitrogens with one attached hydrogen (secondary N) is 4. The Kier molecular flexibility index (Phi) is 18.0. The van der Waals surface area contributed by atoms with Gasteiger partial charge < -0.3 is 27.3 Å². The number of nitrogens with two attached hydrogens (primary N) is 3. The summed E-state index contributed by atoms with van der Waals surface area (Å²) in [5.41, 5.74) is 12.7. The van der Waals surface area contributed by atoms with Gasteiger partial charge in [0.05, 0.1) is 58.4 Å². The van der Waals surface area contributed by atoms with E-state index in [0.29, 0.717) is 26.2 Å². The van der Waals surface area contributed by atoms with E-state index in [1.165, 1.54) is 37.2 Å². The average Bonchev–Trinajstić information content (AvgIpc) is 3.38. The number of pyridine rings is 3. The van der Waals surface area contributed by atoms with Gasteiger partial charge >= 0.3 is 5.97 Å². The van der Waals surface area contributed by atoms with Crippen LogP contribution in [0.2, 0.25) is 30.1 Å². The van der Waals surface area contributed by atoms with Crippen molar-refractivity contribution in [2.45, 2.75) is 0 Å². The summed E-state index contributed by atoms with van der Waals surface area (Å²) in [5, 5.41) is 17.9. The lowest BCUT2D eigenvalue weighted by Gasteiger charge is -2.06. The average molecular weight is 794 g/mol. The molecule has 4 heterocycles. The molecule has 0 radical (unpaired) electrons. The number of carboxylic acid groups (broad SMARTS) is 1. The quantitative estimate of drug-likeness (QED) is 0.0752. The van der Waals surface area contributed by atoms with Gasteiger partial charge in [-0.15, -0.1) is 0 Å². The SMILES string of the molecule is NC(=S)CNC(=O)c1c(Cl)cncc1Cl.NNC(N)=S.O=C(O)c1c(Cl)cncc1Cl.S=c1nc(-c2c(Cl)cncc2Cl)[nH][nH]1. The first kappa shape index (κ1) is 40.1. The van der Waals surface area contributed by atoms with Crippen LogP contribution < -0.4 is 28.1 Å². The highest BCUT2D eigenvalue weighted by Crippen LogP contribution is 2.30. The van der Waals surface area contributed by atoms with Crippen LogP contribution in [0.3, 0.4) is 0 Å². The Balaban J connectivity index is 0.000000317. The fourth-order valence-corrected chi connectivity index (χ4v) is 4.35. The molecule has 0 spiro atoms. The summed E-state index contributed by atoms with van der Waals surface area (Å²) in [6.07, 6.45) is 8.13. The molecule has 0 aliphatic carbocycles. The van der Waals surface area contributed by atoms with Crippen molar-refractivity contribution in [3.63, 3.8) is 0 Å². The molecule has 4 rings (SSSR count). The van der Waals surface area contributed by atoms with Crippen LogP contribution in [0.15, 0.2) is 37.2 Å². The van der Waals surface area contributed by atoms with E-state index < -0.39 is 11.9 Å². The topological polar surface area (TPSA) is 240 Å². The smallest absolute Gasteiger partial charge is 0.338 e. The summed E-state index contributed by atoms with van der Waals surface area (Å²) < 4.78 is 0.351. The van der Waals surface area contributed by atoms with Gasteiger partial charge in [-0.05, 0) is 24.4 Å². The molecule has 0 fully saturated rings. The summed E-state index contributed by atoms with van der Waals surface area (Å²) in [7, 11) is 0. The molecule has 23 heteroatoms. The van der Waals surface area contributed by atoms with Gasteiger partial charge in [-0.1, -0.05) is 81.8 Å². The van der Waals surface area contributed by atoms with Crippen LogP contribution in [-0.2, 0) is 0 Å². The number of nitrogens with zero attached hydrogens (tertiary/aromatic N) is 4. The number of amides is 1. The number of thiocarbonyl (C=S) groups is 2. The number of H-pyrrole nitrogens is 2. The van der Waals surface area contributed by atoms with Gasteiger partial charge in [-0.25, -0.2) is 10.6 Å². The number of carbonyl (C=O) groups excluding carboxylic acids is 1. The normalized spacial score (nSPS) is 9.58. The molecule has 0 aromatic carbocycles. The molecular weight excluding hydrogens is 775 g/mol. The second-order valence-electron chi connectivity index (χ2n) is 7.41. The van der Waals surface area contributed by atoms with Crippen molar-refractivity contribution in [3.05, 3.63) is 83.2 Å². The number of carbonyl (C=O) groups is 2. The van der Waals surface area contributed by atoms with E-state index in [2.05, 4.69) is 65.7 Å². The molecular formula is C22H19Cl6N11O3S3. The zero-order valence-electron chi connectivity index (χ0n) is 21.9. The van der Waals surface area contributed by atoms with E-state index in [4.69, 9.17) is 98.4 Å². The molecule has 4 aromatic heterocycles. The monoisotopic (exact) mass is 791 g/mol. The first-order chi connectivity index (χ1) is 21.1. The lowest BCUT2D eigenvalue weighted by Crippen LogP contribution is -2.34. The number of aromatic nitrogens is 6. The van der Waals surface area contributed by atoms with Crippen LogP contribution in [0, 0.1) is 4.77 Å². The minimum atomic E-state index is -1.15. The molecule has 45 heavy (non-hydrogen) atoms. The van der Waals surface area contributed by atoms with E-state index in [1.54, 1.807) is 0 Å². The Hall–Kier alpha value is -2.97. The Morgan fingerprint density at radius 2 is 1.18 bits per heavy atom. The van der Waals surface area contributed by atoms with Gasteiger partial charge in [0.1, 0.15) is 0 Å². The fourth-order valence-electron chi connectivity index (χ4n) is 2.53. The summed E-state index contributed by atoms with van der Waals surface area (Å²) in [5.74, 6) is 3.58. The maximum Gasteiger partial charge on any atom is 0.338 e. The predicted molar refractivity (Wildman–Crippen MR) is 186 cm³/mol. The van der Waals surface area contributed by atoms with Gasteiger partial charge in [0, 0.05) is 37.2 Å². The van der Waals surface area contributed by atoms with Crippen molar-refractivity contribution in [1.29, 1.82) is 0 Å². The van der Waals surface area contributed by atoms with Crippen LogP contribution in [-0.4, -0.2) is 63.8 Å². The highest BCUT2D eigenvalue weighted by molar-refractivity contribution is 7.80. The van der Waals surface area contributed by atoms with E-state index in [0.717, 1.165) is 0 Å². The van der Waals surface area contributed by atoms with Crippen molar-refractivity contribution >= 4 is 128 Å². The minimum Gasteiger partial charge on any atom is -0.478 e. The maximum absolute atomic E-state index is 11.6. The predicted octanol–water partition coefficient (Wildman–Crippen LogP) is 5.02. The van der Waals surface area contributed by atoms with E-state index in [1.807, 2.05) is 5.43 Å². The first-order valence-electron chi connectivity index (χ1n) is 11.2. The number of rotatable bonds is 5. The van der Waals surface area contributed by atoms with E-state index in [-0.39, 0.29) is 47.9 Å². The highest BCUT2D eigenvalue weighted by Gasteiger charge is 2.15. The van der Waals surface area contributed by atoms with Crippen molar-refractivity contribution < 1.29 is 14.7 Å². The number of hydrogen-bond acceptors (Lipinski definition) is 10. The molecule has 0 aliphatic rings. The molecule has 0 unspecified atom stereocenters. The van der Waals surface area contributed by atoms with E-state index in [9.17, 15) is 9.59 Å². The minimum absolute atomic E-state index is 0.0463. The Morgan fingerprint density at radius 3 is 1.49 bits per heavy atom. The Labute approximate surface area is 300 Å². The third-order valence-corrected chi connectivity index (χ3v) is 6.48. The molecule has 240 valence electrons. The standard InChI is InChI=1S/C8H7Cl2N3OS.C7H4Cl2N4S.C6H3Cl2NO2.CH5N3S/c9-4-1-12-2-5(10)7(4)8(14)13-3-6(11)15;8-3-1-10-2-4(9)5(3)6-11-7(14)13-12-6;7-3-1-9-2-4(8)5(3)6(10)11;2-1(5)4-3/h1-2H,3H2,(H2,11,15)(H,13,14);1-2H,(H2,11,12,13,14);1-2H,(H,10,11);3H2,(H3,2,4,5). The summed E-state index contributed by atoms with van der Waals surface area (Å²) >= 11 is 48.0. The van der Waals surface area contributed by atoms with Crippen LogP contribution in [0.1, 0.15) is 20.7 Å². The number of carboxylic acids is 1. The van der Waals surface area contributed by atoms with Crippen molar-refractivity contribution in [3.8, 4) is 11.4 Å². The molecule has 4 aromatic rings. The summed E-state index contributed by atoms with van der Waals surface area (Å²) in [6.45, 7) is 0.100. The second-order valence-corrected chi connectivity index (χ2v) is 11.2. The third kappa shape index (κ3) is 13.9. The van der Waals surface area contributed by atoms with Crippen LogP contribution >= 0.6 is 106 Å². The molecule has 0 atom stereocenters. The molecule has 0 saturated heterocycles. The lowest BCUT2D eigenvalue weighted by molar-refractivity contribution is 0.0697. The number of aromatic carboxylic acids is 1. The van der Waals surface area contributed by atoms with Crippen molar-refractivity contribution in [1.82, 2.24) is 40.9 Å². The molecule has 0 aliphatic heterocycles. The van der Waals surface area contributed by atoms with Crippen LogP contribution in [0.4, 0.5) is 0 Å². The summed E-state index contributed by atoms with van der Waals surface area (Å²) in [4.78, 5) is 37.4. The lowest BCUT2D eigenvalue weighted by atomic mass is 10.2. The Bertz CT molecular complexity index is 1660. The van der Waals surface area contributed by atoms with Gasteiger partial charge in [-0.3, -0.25) is 29.9 Å². The van der Waals surface area contributed by atoms with Gasteiger partial charge in [-0.2, -0.15) is 4.98 Å². The molecule has 11 N–H and O–H groups in total. The number of hydrogen-bond donors (Lipinski definition) is 8. The van der Waals surface area contributed by atoms with Crippen molar-refractivity contribution in [2.24, 2.45) is 17.3 Å². The molecule has 1 amide bonds. The Morgan fingerprint density at radius 1 is 0.778 bits per heavy atom. The molecule has 14 nitrogen and oxygen atoms in total. The van der Waals surface area contributed by atoms with Crippen LogP contribution in [0.25, 0.3) is 11.4 Å². The zero-order valence-corrected chi connectivity index (χ0v) is 28.9.